The van der Waals surface area contributed by atoms with Crippen LogP contribution >= 0.6 is 0 Å². The fraction of sp³-hybridized carbons (Fsp3) is 0.200. The minimum Gasteiger partial charge on any atom is -0.508 e. The molecule has 0 amide bonds. The molecule has 11 heteroatoms. The van der Waals surface area contributed by atoms with Crippen molar-refractivity contribution >= 4 is 57.7 Å². The largest absolute Gasteiger partial charge is 0.508 e. The summed E-state index contributed by atoms with van der Waals surface area (Å²) in [4.78, 5) is 37.6. The summed E-state index contributed by atoms with van der Waals surface area (Å²) >= 11 is 0. The topological polar surface area (TPSA) is 159 Å². The summed E-state index contributed by atoms with van der Waals surface area (Å²) < 4.78 is 14.8. The van der Waals surface area contributed by atoms with Crippen LogP contribution in [0.15, 0.2) is 113 Å². The van der Waals surface area contributed by atoms with Crippen LogP contribution < -0.4 is 0 Å². The number of phenols is 2. The number of H-pyrrole nitrogens is 2. The van der Waals surface area contributed by atoms with Gasteiger partial charge in [0.1, 0.15) is 22.9 Å². The summed E-state index contributed by atoms with van der Waals surface area (Å²) in [5, 5.41) is 20.9. The van der Waals surface area contributed by atoms with Crippen molar-refractivity contribution in [3.8, 4) is 11.5 Å². The van der Waals surface area contributed by atoms with Crippen molar-refractivity contribution < 1.29 is 34.0 Å². The van der Waals surface area contributed by atoms with Gasteiger partial charge in [0, 0.05) is 33.6 Å². The summed E-state index contributed by atoms with van der Waals surface area (Å²) in [6.45, 7) is 6.76. The fourth-order valence-corrected chi connectivity index (χ4v) is 4.45. The molecule has 0 aliphatic heterocycles. The number of hydrogen-bond donors (Lipinski definition) is 4. The van der Waals surface area contributed by atoms with Crippen LogP contribution in [0.4, 0.5) is 11.4 Å². The molecular weight excluding hydrogens is 648 g/mol. The molecule has 0 saturated heterocycles. The van der Waals surface area contributed by atoms with Crippen LogP contribution in [0.5, 0.6) is 11.5 Å². The predicted molar refractivity (Wildman–Crippen MR) is 205 cm³/mol. The Morgan fingerprint density at radius 3 is 1.80 bits per heavy atom. The number of fused-ring (bicyclic) bond motifs is 2. The number of rotatable bonds is 9. The monoisotopic (exact) mass is 694 g/mol. The van der Waals surface area contributed by atoms with Crippen molar-refractivity contribution in [2.24, 2.45) is 9.98 Å². The van der Waals surface area contributed by atoms with Crippen molar-refractivity contribution in [2.75, 3.05) is 19.8 Å². The number of nitrogens with zero attached hydrogens (tertiary/aromatic N) is 2. The first kappa shape index (κ1) is 40.8. The quantitative estimate of drug-likeness (QED) is 0.0666. The normalized spacial score (nSPS) is 10.3. The molecule has 0 bridgehead atoms. The van der Waals surface area contributed by atoms with Gasteiger partial charge < -0.3 is 34.4 Å². The summed E-state index contributed by atoms with van der Waals surface area (Å²) in [5.41, 5.74) is 4.54. The highest BCUT2D eigenvalue weighted by Crippen LogP contribution is 2.27. The van der Waals surface area contributed by atoms with Gasteiger partial charge in [-0.05, 0) is 87.5 Å². The minimum absolute atomic E-state index is 0. The zero-order valence-corrected chi connectivity index (χ0v) is 27.4. The average molecular weight is 695 g/mol. The highest BCUT2D eigenvalue weighted by atomic mass is 16.5. The van der Waals surface area contributed by atoms with Crippen molar-refractivity contribution in [3.63, 3.8) is 0 Å². The Balaban J connectivity index is 0.000000279. The third-order valence-corrected chi connectivity index (χ3v) is 6.72. The van der Waals surface area contributed by atoms with E-state index in [1.165, 1.54) is 6.40 Å². The number of aromatic hydroxyl groups is 2. The lowest BCUT2D eigenvalue weighted by Crippen LogP contribution is -2.04. The van der Waals surface area contributed by atoms with Gasteiger partial charge in [0.05, 0.1) is 31.2 Å². The Labute approximate surface area is 298 Å². The molecule has 0 aliphatic carbocycles. The summed E-state index contributed by atoms with van der Waals surface area (Å²) in [7, 11) is 0. The SMILES string of the molecule is C.C.CCOC(=O)c1cc2c(C=Nc3ccccc3)c(O)ccc2[nH]1.CCOC(=O)c1cc2cc(O)ccc2[nH]1.CCOC=Nc1ccccc1. The zero-order chi connectivity index (χ0) is 35.0. The van der Waals surface area contributed by atoms with E-state index >= 15 is 0 Å². The number of hydrogen-bond acceptors (Lipinski definition) is 9. The van der Waals surface area contributed by atoms with E-state index in [1.54, 1.807) is 62.5 Å². The molecular formula is C40H46N4O7. The number of esters is 2. The molecule has 51 heavy (non-hydrogen) atoms. The first-order valence-corrected chi connectivity index (χ1v) is 15.6. The van der Waals surface area contributed by atoms with Crippen molar-refractivity contribution in [1.82, 2.24) is 9.97 Å². The number of carbonyl (C=O) groups is 2. The highest BCUT2D eigenvalue weighted by Gasteiger charge is 2.14. The molecule has 0 fully saturated rings. The molecule has 6 aromatic rings. The number of nitrogens with one attached hydrogen (secondary N) is 2. The molecule has 0 atom stereocenters. The molecule has 268 valence electrons. The predicted octanol–water partition coefficient (Wildman–Crippen LogP) is 9.51. The van der Waals surface area contributed by atoms with Crippen LogP contribution in [0, 0.1) is 0 Å². The molecule has 4 aromatic carbocycles. The third-order valence-electron chi connectivity index (χ3n) is 6.72. The number of phenolic OH excluding ortho intramolecular Hbond substituents is 2. The van der Waals surface area contributed by atoms with E-state index in [1.807, 2.05) is 67.6 Å². The Morgan fingerprint density at radius 1 is 0.667 bits per heavy atom. The van der Waals surface area contributed by atoms with E-state index in [0.29, 0.717) is 42.2 Å². The molecule has 2 aromatic heterocycles. The number of carbonyl (C=O) groups excluding carboxylic acids is 2. The van der Waals surface area contributed by atoms with Crippen LogP contribution in [0.2, 0.25) is 0 Å². The van der Waals surface area contributed by atoms with Crippen molar-refractivity contribution in [3.05, 3.63) is 120 Å². The number of para-hydroxylation sites is 2. The van der Waals surface area contributed by atoms with E-state index < -0.39 is 5.97 Å². The minimum atomic E-state index is -0.422. The van der Waals surface area contributed by atoms with Gasteiger partial charge in [0.2, 0.25) is 0 Å². The first-order valence-electron chi connectivity index (χ1n) is 15.6. The number of aromatic amines is 2. The lowest BCUT2D eigenvalue weighted by molar-refractivity contribution is 0.0511. The Hall–Kier alpha value is -6.36. The zero-order valence-electron chi connectivity index (χ0n) is 27.4. The maximum atomic E-state index is 11.8. The van der Waals surface area contributed by atoms with E-state index in [0.717, 1.165) is 27.8 Å². The van der Waals surface area contributed by atoms with Gasteiger partial charge >= 0.3 is 11.9 Å². The van der Waals surface area contributed by atoms with Gasteiger partial charge in [0.25, 0.3) is 0 Å². The standard InChI is InChI=1S/C18H16N2O3.C11H11NO3.C9H11NO.2CH4/c1-2-23-18(22)16-10-13-14(17(21)9-8-15(13)20-16)11-19-12-6-4-3-5-7-12;1-2-15-11(14)10-6-7-5-8(13)3-4-9(7)12-10;1-2-11-8-10-9-6-4-3-5-7-9;;/h3-11,20-21H,2H2,1H3;3-6,12-13H,2H2,1H3;3-8H,2H2,1H3;2*1H4. The first-order chi connectivity index (χ1) is 23.8. The lowest BCUT2D eigenvalue weighted by Gasteiger charge is -2.00. The maximum Gasteiger partial charge on any atom is 0.354 e. The van der Waals surface area contributed by atoms with E-state index in [2.05, 4.69) is 20.0 Å². The lowest BCUT2D eigenvalue weighted by atomic mass is 10.1. The summed E-state index contributed by atoms with van der Waals surface area (Å²) in [5.74, 6) is -0.522. The van der Waals surface area contributed by atoms with E-state index in [-0.39, 0.29) is 32.3 Å². The smallest absolute Gasteiger partial charge is 0.354 e. The Kier molecular flexibility index (Phi) is 16.7. The van der Waals surface area contributed by atoms with Gasteiger partial charge in [-0.25, -0.2) is 14.6 Å². The number of ether oxygens (including phenoxy) is 3. The van der Waals surface area contributed by atoms with Crippen molar-refractivity contribution in [2.45, 2.75) is 35.6 Å². The maximum absolute atomic E-state index is 11.8. The number of aromatic nitrogens is 2. The van der Waals surface area contributed by atoms with Gasteiger partial charge in [-0.1, -0.05) is 51.3 Å². The summed E-state index contributed by atoms with van der Waals surface area (Å²) in [6.07, 6.45) is 3.06. The molecule has 11 nitrogen and oxygen atoms in total. The van der Waals surface area contributed by atoms with Gasteiger partial charge in [-0.2, -0.15) is 0 Å². The molecule has 4 N–H and O–H groups in total. The molecule has 0 aliphatic rings. The van der Waals surface area contributed by atoms with E-state index in [4.69, 9.17) is 14.2 Å². The van der Waals surface area contributed by atoms with Crippen LogP contribution in [-0.2, 0) is 14.2 Å². The Bertz CT molecular complexity index is 2020. The third kappa shape index (κ3) is 11.9. The van der Waals surface area contributed by atoms with Crippen LogP contribution in [-0.4, -0.2) is 64.6 Å². The van der Waals surface area contributed by atoms with Crippen LogP contribution in [0.3, 0.4) is 0 Å². The number of aliphatic imine (C=N–C) groups is 2. The molecule has 0 unspecified atom stereocenters. The summed E-state index contributed by atoms with van der Waals surface area (Å²) in [6, 6.07) is 30.6. The van der Waals surface area contributed by atoms with Gasteiger partial charge in [-0.15, -0.1) is 0 Å². The second-order valence-electron chi connectivity index (χ2n) is 10.2. The fourth-order valence-electron chi connectivity index (χ4n) is 4.45. The molecule has 0 radical (unpaired) electrons. The van der Waals surface area contributed by atoms with E-state index in [9.17, 15) is 19.8 Å². The van der Waals surface area contributed by atoms with Crippen LogP contribution in [0.25, 0.3) is 21.8 Å². The number of benzene rings is 4. The average Bonchev–Trinajstić information content (AvgIpc) is 3.75. The van der Waals surface area contributed by atoms with Crippen LogP contribution in [0.1, 0.15) is 62.2 Å². The molecule has 6 rings (SSSR count). The Morgan fingerprint density at radius 2 is 1.22 bits per heavy atom. The molecule has 0 spiro atoms. The molecule has 2 heterocycles. The molecule has 0 saturated carbocycles. The van der Waals surface area contributed by atoms with Gasteiger partial charge in [0.15, 0.2) is 6.40 Å². The highest BCUT2D eigenvalue weighted by molar-refractivity contribution is 6.05. The second kappa shape index (κ2) is 20.9. The second-order valence-corrected chi connectivity index (χ2v) is 10.2. The van der Waals surface area contributed by atoms with Crippen molar-refractivity contribution in [1.29, 1.82) is 0 Å². The van der Waals surface area contributed by atoms with Gasteiger partial charge in [-0.3, -0.25) is 4.99 Å².